The molecule has 0 atom stereocenters. The summed E-state index contributed by atoms with van der Waals surface area (Å²) >= 11 is 0. The molecule has 12 heteroatoms. The van der Waals surface area contributed by atoms with Crippen molar-refractivity contribution < 1.29 is 13.0 Å². The van der Waals surface area contributed by atoms with Crippen LogP contribution >= 0.6 is 12.4 Å². The van der Waals surface area contributed by atoms with Gasteiger partial charge in [-0.1, -0.05) is 53.8 Å². The lowest BCUT2D eigenvalue weighted by molar-refractivity contribution is 0.483. The summed E-state index contributed by atoms with van der Waals surface area (Å²) in [5.41, 5.74) is 22.6. The summed E-state index contributed by atoms with van der Waals surface area (Å²) in [6.07, 6.45) is 0. The summed E-state index contributed by atoms with van der Waals surface area (Å²) in [5.74, 6) is 0. The number of nitrogens with one attached hydrogen (secondary N) is 1. The predicted octanol–water partition coefficient (Wildman–Crippen LogP) is 7.18. The smallest absolute Gasteiger partial charge is 0.294 e. The first-order valence-corrected chi connectivity index (χ1v) is 14.0. The molecular formula is C30H28ClN7O3S. The molecule has 0 radical (unpaired) electrons. The summed E-state index contributed by atoms with van der Waals surface area (Å²) in [7, 11) is -4.20. The zero-order valence-corrected chi connectivity index (χ0v) is 24.3. The van der Waals surface area contributed by atoms with Gasteiger partial charge in [0.2, 0.25) is 0 Å². The highest BCUT2D eigenvalue weighted by molar-refractivity contribution is 7.85. The van der Waals surface area contributed by atoms with Crippen LogP contribution in [0.4, 0.5) is 22.7 Å². The lowest BCUT2D eigenvalue weighted by Gasteiger charge is -2.12. The van der Waals surface area contributed by atoms with Crippen molar-refractivity contribution in [3.8, 4) is 0 Å². The molecule has 0 bridgehead atoms. The number of hydrogen-bond acceptors (Lipinski definition) is 8. The molecule has 214 valence electrons. The van der Waals surface area contributed by atoms with E-state index in [9.17, 15) is 8.42 Å². The summed E-state index contributed by atoms with van der Waals surface area (Å²) < 4.78 is 30.8. The largest absolute Gasteiger partial charge is 0.397 e. The van der Waals surface area contributed by atoms with Crippen molar-refractivity contribution in [1.29, 1.82) is 0 Å². The average molecular weight is 602 g/mol. The maximum atomic E-state index is 11.0. The number of hydrogen-bond donors (Lipinski definition) is 4. The fourth-order valence-corrected chi connectivity index (χ4v) is 4.78. The number of para-hydroxylation sites is 2. The normalized spacial score (nSPS) is 11.3. The number of fused-ring (bicyclic) bond motifs is 3. The van der Waals surface area contributed by atoms with Gasteiger partial charge in [-0.25, -0.2) is 9.97 Å². The first kappa shape index (κ1) is 30.1. The predicted molar refractivity (Wildman–Crippen MR) is 171 cm³/mol. The molecule has 0 unspecified atom stereocenters. The number of anilines is 3. The molecule has 5 aromatic carbocycles. The number of aryl methyl sites for hydroxylation is 1. The average Bonchev–Trinajstić information content (AvgIpc) is 2.98. The van der Waals surface area contributed by atoms with Crippen LogP contribution in [0.3, 0.4) is 0 Å². The second kappa shape index (κ2) is 12.4. The highest BCUT2D eigenvalue weighted by atomic mass is 35.5. The Kier molecular flexibility index (Phi) is 8.86. The van der Waals surface area contributed by atoms with E-state index in [-0.39, 0.29) is 17.3 Å². The van der Waals surface area contributed by atoms with Gasteiger partial charge in [-0.3, -0.25) is 9.98 Å². The molecule has 0 amide bonds. The van der Waals surface area contributed by atoms with Crippen molar-refractivity contribution in [2.45, 2.75) is 18.7 Å². The van der Waals surface area contributed by atoms with Crippen LogP contribution in [0.15, 0.2) is 106 Å². The Morgan fingerprint density at radius 3 is 2.00 bits per heavy atom. The van der Waals surface area contributed by atoms with Crippen LogP contribution in [0, 0.1) is 13.8 Å². The Labute approximate surface area is 248 Å². The van der Waals surface area contributed by atoms with Gasteiger partial charge in [-0.05, 0) is 72.8 Å². The van der Waals surface area contributed by atoms with Gasteiger partial charge in [0.05, 0.1) is 44.2 Å². The van der Waals surface area contributed by atoms with E-state index < -0.39 is 10.1 Å². The number of rotatable bonds is 4. The molecule has 6 rings (SSSR count). The maximum Gasteiger partial charge on any atom is 0.294 e. The van der Waals surface area contributed by atoms with Crippen LogP contribution < -0.4 is 16.9 Å². The number of nitrogens with zero attached hydrogens (tertiary/aromatic N) is 4. The van der Waals surface area contributed by atoms with Gasteiger partial charge in [0.1, 0.15) is 5.52 Å². The third-order valence-corrected chi connectivity index (χ3v) is 7.57. The Morgan fingerprint density at radius 2 is 1.33 bits per heavy atom. The summed E-state index contributed by atoms with van der Waals surface area (Å²) in [6.45, 7) is 3.95. The molecule has 1 aromatic heterocycles. The highest BCUT2D eigenvalue weighted by Crippen LogP contribution is 2.32. The Bertz CT molecular complexity index is 1980. The minimum absolute atomic E-state index is 0. The molecule has 0 spiro atoms. The van der Waals surface area contributed by atoms with Crippen LogP contribution in [0.25, 0.3) is 32.8 Å². The number of halogens is 1. The number of aromatic nitrogens is 2. The molecule has 6 aromatic rings. The van der Waals surface area contributed by atoms with E-state index in [1.807, 2.05) is 80.6 Å². The van der Waals surface area contributed by atoms with Gasteiger partial charge in [-0.15, -0.1) is 17.5 Å². The molecule has 42 heavy (non-hydrogen) atoms. The van der Waals surface area contributed by atoms with Gasteiger partial charge in [0, 0.05) is 5.39 Å². The van der Waals surface area contributed by atoms with Gasteiger partial charge in [-0.2, -0.15) is 8.42 Å². The van der Waals surface area contributed by atoms with Crippen molar-refractivity contribution in [3.05, 3.63) is 102 Å². The maximum absolute atomic E-state index is 11.0. The van der Waals surface area contributed by atoms with Gasteiger partial charge >= 0.3 is 0 Å². The van der Waals surface area contributed by atoms with E-state index in [0.717, 1.165) is 44.1 Å². The third kappa shape index (κ3) is 6.23. The van der Waals surface area contributed by atoms with Crippen molar-refractivity contribution in [3.63, 3.8) is 0 Å². The van der Waals surface area contributed by atoms with Crippen LogP contribution in [0.5, 0.6) is 0 Å². The summed E-state index contributed by atoms with van der Waals surface area (Å²) in [5, 5.41) is 10.00. The van der Waals surface area contributed by atoms with Crippen molar-refractivity contribution in [2.75, 3.05) is 16.9 Å². The molecule has 10 nitrogen and oxygen atoms in total. The molecule has 0 saturated heterocycles. The minimum Gasteiger partial charge on any atom is -0.397 e. The molecule has 0 aliphatic carbocycles. The first-order chi connectivity index (χ1) is 19.6. The summed E-state index contributed by atoms with van der Waals surface area (Å²) in [4.78, 5) is 9.03. The zero-order valence-electron chi connectivity index (χ0n) is 22.7. The molecule has 1 heterocycles. The van der Waals surface area contributed by atoms with E-state index >= 15 is 0 Å². The fourth-order valence-electron chi connectivity index (χ4n) is 4.30. The molecule has 0 saturated carbocycles. The monoisotopic (exact) mass is 601 g/mol. The van der Waals surface area contributed by atoms with E-state index in [2.05, 4.69) is 25.7 Å². The van der Waals surface area contributed by atoms with Gasteiger partial charge < -0.3 is 11.5 Å². The topological polar surface area (TPSA) is 169 Å². The van der Waals surface area contributed by atoms with Crippen molar-refractivity contribution in [1.82, 2.24) is 9.97 Å². The number of nitrogen functional groups attached to an aromatic ring is 2. The minimum atomic E-state index is -4.20. The molecular weight excluding hydrogens is 574 g/mol. The Balaban J connectivity index is 0.000000193. The third-order valence-electron chi connectivity index (χ3n) is 6.70. The van der Waals surface area contributed by atoms with Crippen LogP contribution in [-0.4, -0.2) is 22.9 Å². The molecule has 0 fully saturated rings. The standard InChI is InChI=1S/C16H13N3O3S.C14H14N4.ClH/c20-23(21,22)14-10-8-13(9-11-14)17-19-18-16-7-3-5-12-4-1-2-6-15(12)16;1-7-8(2)13-14(12(16)11(7)15)18-10-6-4-3-5-9(10)17-13;/h1-11H,(H,17,18)(H,20,21,22);3-6H,15-16H2,1-2H3;1H. The quantitative estimate of drug-likeness (QED) is 0.0541. The SMILES string of the molecule is Cc1c(N)c(N)c2nc3ccccc3nc2c1C.Cl.O=S(=O)(O)c1ccc(N=NNc2cccc3ccccc23)cc1. The summed E-state index contributed by atoms with van der Waals surface area (Å²) in [6, 6.07) is 26.9. The van der Waals surface area contributed by atoms with E-state index in [0.29, 0.717) is 22.6 Å². The van der Waals surface area contributed by atoms with Crippen LogP contribution in [0.2, 0.25) is 0 Å². The van der Waals surface area contributed by atoms with E-state index in [4.69, 9.17) is 16.0 Å². The molecule has 0 aliphatic rings. The second-order valence-electron chi connectivity index (χ2n) is 9.29. The van der Waals surface area contributed by atoms with Gasteiger partial charge in [0.15, 0.2) is 0 Å². The first-order valence-electron chi connectivity index (χ1n) is 12.6. The van der Waals surface area contributed by atoms with Crippen LogP contribution in [-0.2, 0) is 10.1 Å². The molecule has 6 N–H and O–H groups in total. The van der Waals surface area contributed by atoms with E-state index in [1.165, 1.54) is 24.3 Å². The zero-order chi connectivity index (χ0) is 29.1. The lowest BCUT2D eigenvalue weighted by Crippen LogP contribution is -2.03. The lowest BCUT2D eigenvalue weighted by atomic mass is 10.0. The van der Waals surface area contributed by atoms with E-state index in [1.54, 1.807) is 0 Å². The van der Waals surface area contributed by atoms with Gasteiger partial charge in [0.25, 0.3) is 10.1 Å². The Morgan fingerprint density at radius 1 is 0.738 bits per heavy atom. The molecule has 0 aliphatic heterocycles. The second-order valence-corrected chi connectivity index (χ2v) is 10.7. The number of nitrogens with two attached hydrogens (primary N) is 2. The Hall–Kier alpha value is -4.84. The number of benzene rings is 5. The fraction of sp³-hybridized carbons (Fsp3) is 0.0667. The van der Waals surface area contributed by atoms with Crippen molar-refractivity contribution >= 4 is 78.1 Å². The highest BCUT2D eigenvalue weighted by Gasteiger charge is 2.13. The van der Waals surface area contributed by atoms with Crippen molar-refractivity contribution in [2.24, 2.45) is 10.3 Å². The van der Waals surface area contributed by atoms with Crippen LogP contribution in [0.1, 0.15) is 11.1 Å².